The molecule has 1 atom stereocenters. The van der Waals surface area contributed by atoms with Gasteiger partial charge in [-0.05, 0) is 24.6 Å². The summed E-state index contributed by atoms with van der Waals surface area (Å²) in [7, 11) is 0. The van der Waals surface area contributed by atoms with Crippen LogP contribution in [0.4, 0.5) is 0 Å². The molecule has 1 unspecified atom stereocenters. The van der Waals surface area contributed by atoms with Crippen molar-refractivity contribution in [1.29, 1.82) is 0 Å². The van der Waals surface area contributed by atoms with Crippen LogP contribution >= 0.6 is 27.7 Å². The fourth-order valence-corrected chi connectivity index (χ4v) is 3.74. The van der Waals surface area contributed by atoms with Crippen LogP contribution in [0.3, 0.4) is 0 Å². The molecule has 3 rings (SSSR count). The van der Waals surface area contributed by atoms with E-state index < -0.39 is 0 Å². The molecule has 2 aromatic rings. The lowest BCUT2D eigenvalue weighted by molar-refractivity contribution is -0.119. The first-order valence-electron chi connectivity index (χ1n) is 7.78. The van der Waals surface area contributed by atoms with Gasteiger partial charge in [0.15, 0.2) is 17.3 Å². The molecule has 2 heterocycles. The zero-order valence-corrected chi connectivity index (χ0v) is 16.3. The van der Waals surface area contributed by atoms with Gasteiger partial charge in [-0.1, -0.05) is 21.1 Å². The first kappa shape index (κ1) is 18.1. The molecule has 0 saturated carbocycles. The number of halogens is 1. The second kappa shape index (κ2) is 8.09. The Morgan fingerprint density at radius 3 is 2.76 bits per heavy atom. The van der Waals surface area contributed by atoms with Crippen molar-refractivity contribution in [1.82, 2.24) is 15.5 Å². The fraction of sp³-hybridized carbons (Fsp3) is 0.438. The highest BCUT2D eigenvalue weighted by Gasteiger charge is 2.19. The number of nitrogens with zero attached hydrogens (tertiary/aromatic N) is 2. The number of ether oxygens (including phenoxy) is 2. The highest BCUT2D eigenvalue weighted by molar-refractivity contribution is 9.10. The zero-order valence-electron chi connectivity index (χ0n) is 13.9. The van der Waals surface area contributed by atoms with Crippen LogP contribution in [-0.4, -0.2) is 35.0 Å². The van der Waals surface area contributed by atoms with Crippen molar-refractivity contribution < 1.29 is 18.8 Å². The normalized spacial score (nSPS) is 14.2. The van der Waals surface area contributed by atoms with Gasteiger partial charge in [0.2, 0.25) is 11.8 Å². The summed E-state index contributed by atoms with van der Waals surface area (Å²) >= 11 is 4.97. The van der Waals surface area contributed by atoms with E-state index in [1.807, 2.05) is 19.1 Å². The molecule has 7 nitrogen and oxygen atoms in total. The maximum atomic E-state index is 12.2. The number of aromatic nitrogens is 2. The maximum Gasteiger partial charge on any atom is 0.230 e. The van der Waals surface area contributed by atoms with Gasteiger partial charge in [0.1, 0.15) is 13.2 Å². The first-order chi connectivity index (χ1) is 12.0. The van der Waals surface area contributed by atoms with Crippen LogP contribution < -0.4 is 14.8 Å². The number of hydrogen-bond donors (Lipinski definition) is 1. The average molecular weight is 428 g/mol. The van der Waals surface area contributed by atoms with E-state index in [-0.39, 0.29) is 11.9 Å². The third-order valence-corrected chi connectivity index (χ3v) is 5.15. The van der Waals surface area contributed by atoms with Gasteiger partial charge < -0.3 is 19.3 Å². The molecule has 1 aliphatic rings. The van der Waals surface area contributed by atoms with Crippen molar-refractivity contribution in [2.45, 2.75) is 25.6 Å². The predicted molar refractivity (Wildman–Crippen MR) is 96.9 cm³/mol. The number of carbonyl (C=O) groups is 1. The van der Waals surface area contributed by atoms with Gasteiger partial charge in [-0.2, -0.15) is 4.98 Å². The number of thioether (sulfide) groups is 1. The highest BCUT2D eigenvalue weighted by Crippen LogP contribution is 2.37. The van der Waals surface area contributed by atoms with Crippen molar-refractivity contribution in [3.05, 3.63) is 33.9 Å². The lowest BCUT2D eigenvalue weighted by Crippen LogP contribution is -2.28. The Morgan fingerprint density at radius 1 is 1.36 bits per heavy atom. The summed E-state index contributed by atoms with van der Waals surface area (Å²) in [4.78, 5) is 16.3. The molecule has 0 spiro atoms. The van der Waals surface area contributed by atoms with E-state index in [1.165, 1.54) is 11.8 Å². The Labute approximate surface area is 158 Å². The number of carbonyl (C=O) groups excluding carboxylic acids is 1. The summed E-state index contributed by atoms with van der Waals surface area (Å²) in [5, 5.41) is 6.79. The number of rotatable bonds is 6. The summed E-state index contributed by atoms with van der Waals surface area (Å²) in [6.07, 6.45) is 0. The van der Waals surface area contributed by atoms with Crippen molar-refractivity contribution in [3.8, 4) is 11.5 Å². The number of fused-ring (bicyclic) bond motifs is 1. The van der Waals surface area contributed by atoms with Crippen LogP contribution in [0.5, 0.6) is 11.5 Å². The van der Waals surface area contributed by atoms with Crippen LogP contribution in [0, 0.1) is 6.92 Å². The van der Waals surface area contributed by atoms with Gasteiger partial charge in [0.25, 0.3) is 0 Å². The molecular weight excluding hydrogens is 410 g/mol. The Morgan fingerprint density at radius 2 is 2.08 bits per heavy atom. The van der Waals surface area contributed by atoms with E-state index in [0.29, 0.717) is 47.9 Å². The van der Waals surface area contributed by atoms with Gasteiger partial charge in [-0.25, -0.2) is 0 Å². The van der Waals surface area contributed by atoms with Crippen LogP contribution in [0.1, 0.15) is 30.2 Å². The van der Waals surface area contributed by atoms with Crippen LogP contribution in [0.25, 0.3) is 0 Å². The van der Waals surface area contributed by atoms with E-state index in [1.54, 1.807) is 6.92 Å². The minimum Gasteiger partial charge on any atom is -0.486 e. The first-order valence-corrected chi connectivity index (χ1v) is 9.73. The van der Waals surface area contributed by atoms with Crippen molar-refractivity contribution in [3.63, 3.8) is 0 Å². The molecule has 1 amide bonds. The molecule has 0 radical (unpaired) electrons. The fourth-order valence-electron chi connectivity index (χ4n) is 2.41. The molecule has 134 valence electrons. The Hall–Kier alpha value is -1.74. The molecule has 0 bridgehead atoms. The smallest absolute Gasteiger partial charge is 0.230 e. The van der Waals surface area contributed by atoms with E-state index in [0.717, 1.165) is 10.0 Å². The summed E-state index contributed by atoms with van der Waals surface area (Å²) in [5.41, 5.74) is 0.941. The molecule has 1 aliphatic heterocycles. The van der Waals surface area contributed by atoms with Gasteiger partial charge in [-0.15, -0.1) is 11.8 Å². The van der Waals surface area contributed by atoms with Gasteiger partial charge in [0.05, 0.1) is 17.5 Å². The van der Waals surface area contributed by atoms with E-state index in [9.17, 15) is 4.79 Å². The topological polar surface area (TPSA) is 86.5 Å². The van der Waals surface area contributed by atoms with Crippen molar-refractivity contribution in [2.75, 3.05) is 19.0 Å². The second-order valence-electron chi connectivity index (χ2n) is 5.53. The standard InChI is InChI=1S/C16H18BrN3O4S/c1-9(11-5-13-14(6-12(11)17)23-4-3-22-13)18-16(21)8-25-7-15-19-10(2)24-20-15/h5-6,9H,3-4,7-8H2,1-2H3,(H,18,21). The van der Waals surface area contributed by atoms with Gasteiger partial charge in [0, 0.05) is 11.4 Å². The van der Waals surface area contributed by atoms with Crippen LogP contribution in [0.2, 0.25) is 0 Å². The molecular formula is C16H18BrN3O4S. The second-order valence-corrected chi connectivity index (χ2v) is 7.37. The quantitative estimate of drug-likeness (QED) is 0.757. The Bertz CT molecular complexity index is 768. The van der Waals surface area contributed by atoms with Crippen LogP contribution in [0.15, 0.2) is 21.1 Å². The van der Waals surface area contributed by atoms with Gasteiger partial charge in [-0.3, -0.25) is 4.79 Å². The SMILES string of the molecule is Cc1nc(CSCC(=O)NC(C)c2cc3c(cc2Br)OCCO3)no1. The van der Waals surface area contributed by atoms with E-state index >= 15 is 0 Å². The third kappa shape index (κ3) is 4.66. The van der Waals surface area contributed by atoms with Crippen LogP contribution in [-0.2, 0) is 10.5 Å². The highest BCUT2D eigenvalue weighted by atomic mass is 79.9. The van der Waals surface area contributed by atoms with Gasteiger partial charge >= 0.3 is 0 Å². The molecule has 0 aliphatic carbocycles. The molecule has 1 aromatic carbocycles. The van der Waals surface area contributed by atoms with Crippen molar-refractivity contribution >= 4 is 33.6 Å². The largest absolute Gasteiger partial charge is 0.486 e. The molecule has 1 aromatic heterocycles. The monoisotopic (exact) mass is 427 g/mol. The van der Waals surface area contributed by atoms with E-state index in [2.05, 4.69) is 31.4 Å². The summed E-state index contributed by atoms with van der Waals surface area (Å²) in [6.45, 7) is 4.74. The van der Waals surface area contributed by atoms with Crippen molar-refractivity contribution in [2.24, 2.45) is 0 Å². The molecule has 9 heteroatoms. The molecule has 1 N–H and O–H groups in total. The lowest BCUT2D eigenvalue weighted by atomic mass is 10.1. The Kier molecular flexibility index (Phi) is 5.85. The summed E-state index contributed by atoms with van der Waals surface area (Å²) in [5.74, 6) is 3.33. The molecule has 0 fully saturated rings. The number of benzene rings is 1. The number of nitrogens with one attached hydrogen (secondary N) is 1. The zero-order chi connectivity index (χ0) is 17.8. The number of amides is 1. The lowest BCUT2D eigenvalue weighted by Gasteiger charge is -2.22. The van der Waals surface area contributed by atoms with E-state index in [4.69, 9.17) is 14.0 Å². The summed E-state index contributed by atoms with van der Waals surface area (Å²) < 4.78 is 16.9. The number of hydrogen-bond acceptors (Lipinski definition) is 7. The Balaban J connectivity index is 1.54. The molecule has 0 saturated heterocycles. The predicted octanol–water partition coefficient (Wildman–Crippen LogP) is 3.02. The molecule has 25 heavy (non-hydrogen) atoms. The average Bonchev–Trinajstić information content (AvgIpc) is 2.99. The number of aryl methyl sites for hydroxylation is 1. The third-order valence-electron chi connectivity index (χ3n) is 3.54. The minimum absolute atomic E-state index is 0.0560. The minimum atomic E-state index is -0.161. The maximum absolute atomic E-state index is 12.2. The summed E-state index contributed by atoms with van der Waals surface area (Å²) in [6, 6.07) is 3.61.